The molecule has 1 heterocycles. The van der Waals surface area contributed by atoms with Crippen LogP contribution in [0.5, 0.6) is 0 Å². The lowest BCUT2D eigenvalue weighted by Crippen LogP contribution is -2.41. The summed E-state index contributed by atoms with van der Waals surface area (Å²) in [7, 11) is 2.16. The highest BCUT2D eigenvalue weighted by molar-refractivity contribution is 7.09. The highest BCUT2D eigenvalue weighted by Crippen LogP contribution is 2.31. The molecule has 1 N–H and O–H groups in total. The minimum atomic E-state index is -0.333. The van der Waals surface area contributed by atoms with E-state index in [0.29, 0.717) is 0 Å². The fourth-order valence-electron chi connectivity index (χ4n) is 4.88. The Morgan fingerprint density at radius 1 is 0.969 bits per heavy atom. The van der Waals surface area contributed by atoms with Crippen LogP contribution in [-0.2, 0) is 9.32 Å². The summed E-state index contributed by atoms with van der Waals surface area (Å²) in [6, 6.07) is 0.959. The highest BCUT2D eigenvalue weighted by Gasteiger charge is 2.24. The van der Waals surface area contributed by atoms with Gasteiger partial charge in [-0.25, -0.2) is 0 Å². The molecule has 3 fully saturated rings. The molecule has 2 aliphatic carbocycles. The lowest BCUT2D eigenvalue weighted by molar-refractivity contribution is -0.119. The first-order chi connectivity index (χ1) is 15.4. The Labute approximate surface area is 202 Å². The van der Waals surface area contributed by atoms with Gasteiger partial charge in [0.1, 0.15) is 6.61 Å². The van der Waals surface area contributed by atoms with Crippen molar-refractivity contribution in [2.45, 2.75) is 124 Å². The number of aliphatic hydroxyl groups is 1. The predicted molar refractivity (Wildman–Crippen MR) is 142 cm³/mol. The van der Waals surface area contributed by atoms with E-state index in [4.69, 9.17) is 5.11 Å². The molecule has 3 rings (SSSR count). The van der Waals surface area contributed by atoms with Gasteiger partial charge in [0.15, 0.2) is 5.78 Å². The number of aliphatic hydroxyl groups excluding tert-OH is 1. The van der Waals surface area contributed by atoms with Crippen LogP contribution in [0.25, 0.3) is 0 Å². The summed E-state index contributed by atoms with van der Waals surface area (Å²) in [6.07, 6.45) is 19.2. The fourth-order valence-corrected chi connectivity index (χ4v) is 4.88. The summed E-state index contributed by atoms with van der Waals surface area (Å²) in [5, 5.41) is 7.79. The first-order valence-corrected chi connectivity index (χ1v) is 14.0. The molecule has 0 spiro atoms. The van der Waals surface area contributed by atoms with Crippen molar-refractivity contribution in [2.24, 2.45) is 17.8 Å². The number of Topliss-reactive ketones (excluding diaryl/α,β-unsaturated/α-hetero) is 1. The van der Waals surface area contributed by atoms with E-state index in [1.165, 1.54) is 103 Å². The molecule has 2 unspecified atom stereocenters. The Morgan fingerprint density at radius 3 is 1.78 bits per heavy atom. The SMILES string of the molecule is CC(=O)CO.CC1CCN(C2CCCCC2)CC1.CCC(C)C1CCCCC1.CCOP. The quantitative estimate of drug-likeness (QED) is 0.435. The number of carbonyl (C=O) groups excluding carboxylic acids is 1. The number of rotatable bonds is 5. The van der Waals surface area contributed by atoms with Crippen molar-refractivity contribution < 1.29 is 14.4 Å². The highest BCUT2D eigenvalue weighted by atomic mass is 31.0. The van der Waals surface area contributed by atoms with Crippen LogP contribution in [0, 0.1) is 17.8 Å². The summed E-state index contributed by atoms with van der Waals surface area (Å²) in [5.41, 5.74) is 0. The molecule has 0 amide bonds. The van der Waals surface area contributed by atoms with E-state index in [0.717, 1.165) is 30.4 Å². The third-order valence-electron chi connectivity index (χ3n) is 7.40. The Bertz CT molecular complexity index is 413. The Hall–Kier alpha value is -0.0200. The van der Waals surface area contributed by atoms with Gasteiger partial charge in [0.2, 0.25) is 0 Å². The van der Waals surface area contributed by atoms with Gasteiger partial charge >= 0.3 is 0 Å². The molecule has 0 aromatic carbocycles. The van der Waals surface area contributed by atoms with Gasteiger partial charge in [-0.05, 0) is 70.4 Å². The molecule has 2 saturated carbocycles. The average Bonchev–Trinajstić information content (AvgIpc) is 2.86. The number of hydrogen-bond donors (Lipinski definition) is 1. The van der Waals surface area contributed by atoms with Crippen molar-refractivity contribution in [1.29, 1.82) is 0 Å². The van der Waals surface area contributed by atoms with Crippen LogP contribution >= 0.6 is 9.47 Å². The molecule has 0 bridgehead atoms. The molecule has 2 atom stereocenters. The normalized spacial score (nSPS) is 21.7. The maximum atomic E-state index is 9.56. The van der Waals surface area contributed by atoms with Gasteiger partial charge in [0, 0.05) is 22.1 Å². The Morgan fingerprint density at radius 2 is 1.41 bits per heavy atom. The summed E-state index contributed by atoms with van der Waals surface area (Å²) < 4.78 is 4.46. The summed E-state index contributed by atoms with van der Waals surface area (Å²) in [4.78, 5) is 12.3. The number of carbonyl (C=O) groups is 1. The van der Waals surface area contributed by atoms with Gasteiger partial charge in [-0.1, -0.05) is 78.6 Å². The van der Waals surface area contributed by atoms with E-state index in [1.807, 2.05) is 6.92 Å². The maximum absolute atomic E-state index is 9.56. The lowest BCUT2D eigenvalue weighted by Gasteiger charge is -2.38. The van der Waals surface area contributed by atoms with Gasteiger partial charge in [0.05, 0.1) is 0 Å². The van der Waals surface area contributed by atoms with E-state index < -0.39 is 0 Å². The second-order valence-electron chi connectivity index (χ2n) is 10.1. The summed E-state index contributed by atoms with van der Waals surface area (Å²) in [6.45, 7) is 13.6. The van der Waals surface area contributed by atoms with Crippen molar-refractivity contribution in [3.05, 3.63) is 0 Å². The van der Waals surface area contributed by atoms with Gasteiger partial charge in [-0.15, -0.1) is 0 Å². The number of hydrogen-bond acceptors (Lipinski definition) is 4. The van der Waals surface area contributed by atoms with Gasteiger partial charge in [0.25, 0.3) is 0 Å². The first kappa shape index (κ1) is 32.0. The van der Waals surface area contributed by atoms with E-state index >= 15 is 0 Å². The van der Waals surface area contributed by atoms with Crippen LogP contribution in [0.4, 0.5) is 0 Å². The number of ketones is 1. The van der Waals surface area contributed by atoms with Crippen LogP contribution in [0.15, 0.2) is 0 Å². The molecular formula is C27H56NO3P. The first-order valence-electron chi connectivity index (χ1n) is 13.5. The Balaban J connectivity index is 0.000000448. The molecule has 5 heteroatoms. The smallest absolute Gasteiger partial charge is 0.155 e. The van der Waals surface area contributed by atoms with Gasteiger partial charge in [-0.2, -0.15) is 0 Å². The van der Waals surface area contributed by atoms with E-state index in [9.17, 15) is 4.79 Å². The van der Waals surface area contributed by atoms with Crippen LogP contribution in [0.3, 0.4) is 0 Å². The molecular weight excluding hydrogens is 417 g/mol. The lowest BCUT2D eigenvalue weighted by atomic mass is 9.80. The molecule has 0 radical (unpaired) electrons. The number of nitrogens with zero attached hydrogens (tertiary/aromatic N) is 1. The molecule has 32 heavy (non-hydrogen) atoms. The molecule has 3 aliphatic rings. The van der Waals surface area contributed by atoms with E-state index in [-0.39, 0.29) is 12.4 Å². The summed E-state index contributed by atoms with van der Waals surface area (Å²) >= 11 is 0. The third kappa shape index (κ3) is 16.6. The molecule has 1 saturated heterocycles. The standard InChI is InChI=1S/C12H23N.C10H20.C3H6O2.C2H7OP/c1-11-7-9-13(10-8-11)12-5-3-2-4-6-12;1-3-9(2)10-7-5-4-6-8-10;1-3(5)2-4;1-2-3-4/h11-12H,2-10H2,1H3;9-10H,3-8H2,1-2H3;4H,2H2,1H3;2,4H2,1H3. The molecule has 1 aliphatic heterocycles. The molecule has 0 aromatic heterocycles. The van der Waals surface area contributed by atoms with Crippen molar-refractivity contribution in [3.8, 4) is 0 Å². The zero-order chi connectivity index (χ0) is 24.2. The number of likely N-dealkylation sites (tertiary alicyclic amines) is 1. The molecule has 4 nitrogen and oxygen atoms in total. The Kier molecular flexibility index (Phi) is 21.5. The largest absolute Gasteiger partial charge is 0.389 e. The van der Waals surface area contributed by atoms with Crippen molar-refractivity contribution in [1.82, 2.24) is 4.90 Å². The van der Waals surface area contributed by atoms with Crippen LogP contribution in [-0.4, -0.2) is 48.1 Å². The topological polar surface area (TPSA) is 49.8 Å². The second kappa shape index (κ2) is 21.5. The second-order valence-corrected chi connectivity index (χ2v) is 10.4. The van der Waals surface area contributed by atoms with E-state index in [1.54, 1.807) is 0 Å². The van der Waals surface area contributed by atoms with E-state index in [2.05, 4.69) is 39.7 Å². The van der Waals surface area contributed by atoms with Crippen LogP contribution in [0.1, 0.15) is 118 Å². The predicted octanol–water partition coefficient (Wildman–Crippen LogP) is 7.04. The van der Waals surface area contributed by atoms with Crippen LogP contribution in [0.2, 0.25) is 0 Å². The minimum Gasteiger partial charge on any atom is -0.389 e. The zero-order valence-electron chi connectivity index (χ0n) is 22.1. The van der Waals surface area contributed by atoms with Crippen molar-refractivity contribution >= 4 is 15.2 Å². The fraction of sp³-hybridized carbons (Fsp3) is 0.963. The molecule has 192 valence electrons. The van der Waals surface area contributed by atoms with Crippen LogP contribution < -0.4 is 0 Å². The molecule has 0 aromatic rings. The van der Waals surface area contributed by atoms with Gasteiger partial charge < -0.3 is 14.5 Å². The third-order valence-corrected chi connectivity index (χ3v) is 7.73. The van der Waals surface area contributed by atoms with Gasteiger partial charge in [-0.3, -0.25) is 4.79 Å². The van der Waals surface area contributed by atoms with Crippen molar-refractivity contribution in [2.75, 3.05) is 26.3 Å². The number of piperidine rings is 1. The van der Waals surface area contributed by atoms with Crippen molar-refractivity contribution in [3.63, 3.8) is 0 Å². The maximum Gasteiger partial charge on any atom is 0.155 e. The minimum absolute atomic E-state index is 0.190. The summed E-state index contributed by atoms with van der Waals surface area (Å²) in [5.74, 6) is 2.85. The monoisotopic (exact) mass is 473 g/mol. The zero-order valence-corrected chi connectivity index (χ0v) is 23.3. The average molecular weight is 474 g/mol.